The van der Waals surface area contributed by atoms with Crippen LogP contribution in [0.4, 0.5) is 0 Å². The Labute approximate surface area is 114 Å². The summed E-state index contributed by atoms with van der Waals surface area (Å²) >= 11 is 1.40. The molecule has 17 heavy (non-hydrogen) atoms. The van der Waals surface area contributed by atoms with Crippen LogP contribution in [-0.2, 0) is 5.75 Å². The highest BCUT2D eigenvalue weighted by Gasteiger charge is 2.12. The molecular formula is C13H21ClN2S. The highest BCUT2D eigenvalue weighted by molar-refractivity contribution is 8.13. The third-order valence-electron chi connectivity index (χ3n) is 3.53. The van der Waals surface area contributed by atoms with Crippen molar-refractivity contribution in [3.63, 3.8) is 0 Å². The van der Waals surface area contributed by atoms with Gasteiger partial charge >= 0.3 is 0 Å². The van der Waals surface area contributed by atoms with E-state index >= 15 is 0 Å². The van der Waals surface area contributed by atoms with Crippen LogP contribution in [0, 0.1) is 40.0 Å². The van der Waals surface area contributed by atoms with Gasteiger partial charge in [-0.05, 0) is 68.0 Å². The molecule has 0 radical (unpaired) electrons. The number of amidine groups is 1. The van der Waals surface area contributed by atoms with E-state index in [-0.39, 0.29) is 17.6 Å². The Morgan fingerprint density at radius 2 is 1.29 bits per heavy atom. The Bertz CT molecular complexity index is 413. The summed E-state index contributed by atoms with van der Waals surface area (Å²) in [7, 11) is 0. The summed E-state index contributed by atoms with van der Waals surface area (Å²) in [5.41, 5.74) is 13.5. The maximum absolute atomic E-state index is 7.27. The number of rotatable bonds is 2. The van der Waals surface area contributed by atoms with Crippen molar-refractivity contribution in [1.82, 2.24) is 0 Å². The number of nitrogens with two attached hydrogens (primary N) is 1. The standard InChI is InChI=1S/C13H20N2S.ClH/c1-7-8(2)10(4)12(6-16-13(14)15)11(5)9(7)3;/h6H2,1-5H3,(H3,14,15);1H. The first kappa shape index (κ1) is 16.3. The Morgan fingerprint density at radius 3 is 1.65 bits per heavy atom. The zero-order valence-electron chi connectivity index (χ0n) is 11.1. The summed E-state index contributed by atoms with van der Waals surface area (Å²) in [6.45, 7) is 10.8. The van der Waals surface area contributed by atoms with E-state index in [1.54, 1.807) is 0 Å². The second kappa shape index (κ2) is 6.31. The molecule has 2 nitrogen and oxygen atoms in total. The molecule has 1 aromatic rings. The van der Waals surface area contributed by atoms with E-state index in [4.69, 9.17) is 11.1 Å². The molecule has 0 saturated heterocycles. The Balaban J connectivity index is 0.00000256. The van der Waals surface area contributed by atoms with Crippen LogP contribution in [0.25, 0.3) is 0 Å². The SMILES string of the molecule is Cc1c(C)c(C)c(CSC(=N)N)c(C)c1C.Cl. The predicted octanol–water partition coefficient (Wildman–Crippen LogP) is 3.78. The van der Waals surface area contributed by atoms with Crippen molar-refractivity contribution in [3.05, 3.63) is 33.4 Å². The van der Waals surface area contributed by atoms with Crippen LogP contribution >= 0.6 is 24.2 Å². The second-order valence-corrected chi connectivity index (χ2v) is 5.27. The number of hydrogen-bond acceptors (Lipinski definition) is 2. The molecule has 4 heteroatoms. The van der Waals surface area contributed by atoms with Gasteiger partial charge in [-0.15, -0.1) is 12.4 Å². The van der Waals surface area contributed by atoms with Crippen LogP contribution in [0.1, 0.15) is 33.4 Å². The van der Waals surface area contributed by atoms with Crippen LogP contribution in [0.15, 0.2) is 0 Å². The molecule has 0 bridgehead atoms. The summed E-state index contributed by atoms with van der Waals surface area (Å²) in [5, 5.41) is 7.46. The first-order chi connectivity index (χ1) is 7.36. The van der Waals surface area contributed by atoms with Crippen molar-refractivity contribution in [2.45, 2.75) is 40.4 Å². The van der Waals surface area contributed by atoms with Crippen LogP contribution in [0.2, 0.25) is 0 Å². The molecule has 0 aromatic heterocycles. The third kappa shape index (κ3) is 3.39. The normalized spacial score (nSPS) is 9.94. The van der Waals surface area contributed by atoms with Gasteiger partial charge in [-0.1, -0.05) is 11.8 Å². The van der Waals surface area contributed by atoms with Gasteiger partial charge < -0.3 is 5.73 Å². The van der Waals surface area contributed by atoms with E-state index in [9.17, 15) is 0 Å². The predicted molar refractivity (Wildman–Crippen MR) is 80.6 cm³/mol. The molecule has 0 saturated carbocycles. The number of hydrogen-bond donors (Lipinski definition) is 2. The topological polar surface area (TPSA) is 49.9 Å². The molecule has 0 spiro atoms. The van der Waals surface area contributed by atoms with Crippen molar-refractivity contribution >= 4 is 29.3 Å². The van der Waals surface area contributed by atoms with Crippen LogP contribution in [0.3, 0.4) is 0 Å². The molecular weight excluding hydrogens is 252 g/mol. The minimum Gasteiger partial charge on any atom is -0.379 e. The van der Waals surface area contributed by atoms with Crippen molar-refractivity contribution < 1.29 is 0 Å². The van der Waals surface area contributed by atoms with E-state index in [0.717, 1.165) is 5.75 Å². The molecule has 0 aliphatic carbocycles. The first-order valence-corrected chi connectivity index (χ1v) is 6.37. The minimum atomic E-state index is 0. The summed E-state index contributed by atoms with van der Waals surface area (Å²) in [5.74, 6) is 0.801. The fourth-order valence-electron chi connectivity index (χ4n) is 1.94. The lowest BCUT2D eigenvalue weighted by Crippen LogP contribution is -2.07. The van der Waals surface area contributed by atoms with Gasteiger partial charge in [0.25, 0.3) is 0 Å². The van der Waals surface area contributed by atoms with Gasteiger partial charge in [0.1, 0.15) is 0 Å². The first-order valence-electron chi connectivity index (χ1n) is 5.39. The van der Waals surface area contributed by atoms with Crippen LogP contribution in [-0.4, -0.2) is 5.17 Å². The van der Waals surface area contributed by atoms with Gasteiger partial charge in [-0.25, -0.2) is 0 Å². The largest absolute Gasteiger partial charge is 0.379 e. The van der Waals surface area contributed by atoms with Crippen LogP contribution in [0.5, 0.6) is 0 Å². The van der Waals surface area contributed by atoms with E-state index in [1.165, 1.54) is 45.1 Å². The zero-order valence-corrected chi connectivity index (χ0v) is 12.7. The van der Waals surface area contributed by atoms with Crippen molar-refractivity contribution in [2.24, 2.45) is 5.73 Å². The number of thioether (sulfide) groups is 1. The zero-order chi connectivity index (χ0) is 12.5. The van der Waals surface area contributed by atoms with Crippen molar-refractivity contribution in [1.29, 1.82) is 5.41 Å². The highest BCUT2D eigenvalue weighted by Crippen LogP contribution is 2.28. The molecule has 1 aromatic carbocycles. The van der Waals surface area contributed by atoms with Crippen molar-refractivity contribution in [2.75, 3.05) is 0 Å². The van der Waals surface area contributed by atoms with Gasteiger partial charge in [0.15, 0.2) is 5.17 Å². The Kier molecular flexibility index (Phi) is 6.06. The van der Waals surface area contributed by atoms with Gasteiger partial charge in [-0.2, -0.15) is 0 Å². The quantitative estimate of drug-likeness (QED) is 0.636. The van der Waals surface area contributed by atoms with Crippen LogP contribution < -0.4 is 5.73 Å². The summed E-state index contributed by atoms with van der Waals surface area (Å²) in [6, 6.07) is 0. The average Bonchev–Trinajstić information content (AvgIpc) is 2.23. The smallest absolute Gasteiger partial charge is 0.151 e. The number of benzene rings is 1. The van der Waals surface area contributed by atoms with Gasteiger partial charge in [0, 0.05) is 5.75 Å². The van der Waals surface area contributed by atoms with Gasteiger partial charge in [-0.3, -0.25) is 5.41 Å². The summed E-state index contributed by atoms with van der Waals surface area (Å²) in [6.07, 6.45) is 0. The second-order valence-electron chi connectivity index (χ2n) is 4.26. The molecule has 0 aliphatic rings. The fraction of sp³-hybridized carbons (Fsp3) is 0.462. The molecule has 96 valence electrons. The number of halogens is 1. The lowest BCUT2D eigenvalue weighted by Gasteiger charge is -2.18. The minimum absolute atomic E-state index is 0. The monoisotopic (exact) mass is 272 g/mol. The number of nitrogens with one attached hydrogen (secondary N) is 1. The average molecular weight is 273 g/mol. The van der Waals surface area contributed by atoms with E-state index in [0.29, 0.717) is 0 Å². The fourth-order valence-corrected chi connectivity index (χ4v) is 2.68. The molecule has 0 amide bonds. The lowest BCUT2D eigenvalue weighted by molar-refractivity contribution is 1.12. The summed E-state index contributed by atoms with van der Waals surface area (Å²) < 4.78 is 0. The van der Waals surface area contributed by atoms with Gasteiger partial charge in [0.05, 0.1) is 0 Å². The lowest BCUT2D eigenvalue weighted by atomic mass is 9.90. The molecule has 0 fully saturated rings. The van der Waals surface area contributed by atoms with Crippen molar-refractivity contribution in [3.8, 4) is 0 Å². The summed E-state index contributed by atoms with van der Waals surface area (Å²) in [4.78, 5) is 0. The molecule has 0 heterocycles. The Morgan fingerprint density at radius 1 is 0.941 bits per heavy atom. The molecule has 1 rings (SSSR count). The molecule has 3 N–H and O–H groups in total. The van der Waals surface area contributed by atoms with E-state index < -0.39 is 0 Å². The Hall–Kier alpha value is -0.670. The third-order valence-corrected chi connectivity index (χ3v) is 4.27. The molecule has 0 unspecified atom stereocenters. The van der Waals surface area contributed by atoms with E-state index in [2.05, 4.69) is 34.6 Å². The highest BCUT2D eigenvalue weighted by atomic mass is 35.5. The molecule has 0 aliphatic heterocycles. The van der Waals surface area contributed by atoms with E-state index in [1.807, 2.05) is 0 Å². The maximum Gasteiger partial charge on any atom is 0.151 e. The molecule has 0 atom stereocenters. The van der Waals surface area contributed by atoms with Gasteiger partial charge in [0.2, 0.25) is 0 Å². The maximum atomic E-state index is 7.27.